The number of likely N-dealkylation sites (tertiary alicyclic amines) is 1. The van der Waals surface area contributed by atoms with E-state index in [9.17, 15) is 13.2 Å². The predicted molar refractivity (Wildman–Crippen MR) is 126 cm³/mol. The van der Waals surface area contributed by atoms with Gasteiger partial charge in [-0.3, -0.25) is 14.0 Å². The standard InChI is InChI=1S/C23H30ClN3O3S/c1-31(29,30)27(22-7-4-6-21(24)16-22)15-5-8-23(28)25-17-19-9-11-20(12-10-19)18-26-13-2-3-14-26/h4,6-7,9-12,16H,2-3,5,8,13-15,17-18H2,1H3,(H,25,28). The lowest BCUT2D eigenvalue weighted by Gasteiger charge is -2.22. The predicted octanol–water partition coefficient (Wildman–Crippen LogP) is 3.80. The van der Waals surface area contributed by atoms with E-state index in [1.165, 1.54) is 35.8 Å². The highest BCUT2D eigenvalue weighted by Crippen LogP contribution is 2.22. The molecule has 2 aromatic carbocycles. The van der Waals surface area contributed by atoms with Gasteiger partial charge in [-0.1, -0.05) is 41.9 Å². The van der Waals surface area contributed by atoms with Gasteiger partial charge in [0.1, 0.15) is 0 Å². The highest BCUT2D eigenvalue weighted by molar-refractivity contribution is 7.92. The fourth-order valence-electron chi connectivity index (χ4n) is 3.75. The highest BCUT2D eigenvalue weighted by atomic mass is 35.5. The van der Waals surface area contributed by atoms with Crippen LogP contribution in [0.4, 0.5) is 5.69 Å². The first-order valence-corrected chi connectivity index (χ1v) is 12.8. The summed E-state index contributed by atoms with van der Waals surface area (Å²) in [5, 5.41) is 3.38. The third-order valence-electron chi connectivity index (χ3n) is 5.38. The van der Waals surface area contributed by atoms with Crippen molar-refractivity contribution >= 4 is 33.2 Å². The summed E-state index contributed by atoms with van der Waals surface area (Å²) in [7, 11) is -3.46. The summed E-state index contributed by atoms with van der Waals surface area (Å²) in [4.78, 5) is 14.7. The maximum atomic E-state index is 12.2. The van der Waals surface area contributed by atoms with Gasteiger partial charge in [0, 0.05) is 31.1 Å². The van der Waals surface area contributed by atoms with Gasteiger partial charge in [0.25, 0.3) is 0 Å². The maximum absolute atomic E-state index is 12.2. The lowest BCUT2D eigenvalue weighted by Crippen LogP contribution is -2.32. The molecule has 1 aliphatic rings. The van der Waals surface area contributed by atoms with Gasteiger partial charge in [0.2, 0.25) is 15.9 Å². The van der Waals surface area contributed by atoms with Crippen LogP contribution in [0, 0.1) is 0 Å². The number of benzene rings is 2. The Balaban J connectivity index is 1.44. The molecular weight excluding hydrogens is 434 g/mol. The topological polar surface area (TPSA) is 69.7 Å². The van der Waals surface area contributed by atoms with E-state index in [2.05, 4.69) is 34.5 Å². The Kier molecular flexibility index (Phi) is 8.35. The SMILES string of the molecule is CS(=O)(=O)N(CCCC(=O)NCc1ccc(CN2CCCC2)cc1)c1cccc(Cl)c1. The van der Waals surface area contributed by atoms with Gasteiger partial charge in [-0.15, -0.1) is 0 Å². The smallest absolute Gasteiger partial charge is 0.232 e. The molecule has 1 amide bonds. The second kappa shape index (κ2) is 11.0. The van der Waals surface area contributed by atoms with Crippen LogP contribution < -0.4 is 9.62 Å². The minimum atomic E-state index is -3.46. The Hall–Kier alpha value is -2.09. The molecule has 0 atom stereocenters. The molecule has 0 aromatic heterocycles. The van der Waals surface area contributed by atoms with Crippen LogP contribution in [0.1, 0.15) is 36.8 Å². The first-order valence-electron chi connectivity index (χ1n) is 10.6. The fourth-order valence-corrected chi connectivity index (χ4v) is 4.89. The lowest BCUT2D eigenvalue weighted by atomic mass is 10.1. The van der Waals surface area contributed by atoms with E-state index in [0.717, 1.165) is 18.4 Å². The number of sulfonamides is 1. The quantitative estimate of drug-likeness (QED) is 0.581. The maximum Gasteiger partial charge on any atom is 0.232 e. The molecule has 1 saturated heterocycles. The third-order valence-corrected chi connectivity index (χ3v) is 6.81. The number of halogens is 1. The van der Waals surface area contributed by atoms with Crippen molar-refractivity contribution in [2.75, 3.05) is 30.2 Å². The molecule has 0 unspecified atom stereocenters. The summed E-state index contributed by atoms with van der Waals surface area (Å²) in [6.07, 6.45) is 4.39. The Morgan fingerprint density at radius 1 is 1.10 bits per heavy atom. The van der Waals surface area contributed by atoms with Gasteiger partial charge in [-0.25, -0.2) is 8.42 Å². The van der Waals surface area contributed by atoms with Crippen molar-refractivity contribution in [3.05, 3.63) is 64.7 Å². The van der Waals surface area contributed by atoms with Gasteiger partial charge >= 0.3 is 0 Å². The zero-order valence-corrected chi connectivity index (χ0v) is 19.5. The van der Waals surface area contributed by atoms with Crippen LogP contribution in [-0.2, 0) is 27.9 Å². The van der Waals surface area contributed by atoms with Gasteiger partial charge in [-0.2, -0.15) is 0 Å². The van der Waals surface area contributed by atoms with Gasteiger partial charge in [0.05, 0.1) is 11.9 Å². The average Bonchev–Trinajstić information content (AvgIpc) is 3.23. The molecule has 31 heavy (non-hydrogen) atoms. The van der Waals surface area contributed by atoms with Crippen LogP contribution in [0.3, 0.4) is 0 Å². The zero-order chi connectivity index (χ0) is 22.3. The second-order valence-electron chi connectivity index (χ2n) is 8.00. The van der Waals surface area contributed by atoms with Crippen molar-refractivity contribution in [2.24, 2.45) is 0 Å². The Labute approximate surface area is 190 Å². The first kappa shape index (κ1) is 23.6. The Morgan fingerprint density at radius 2 is 1.77 bits per heavy atom. The van der Waals surface area contributed by atoms with Crippen LogP contribution in [0.15, 0.2) is 48.5 Å². The number of hydrogen-bond acceptors (Lipinski definition) is 4. The summed E-state index contributed by atoms with van der Waals surface area (Å²) in [6.45, 7) is 4.01. The van der Waals surface area contributed by atoms with Gasteiger partial charge < -0.3 is 5.32 Å². The third kappa shape index (κ3) is 7.52. The van der Waals surface area contributed by atoms with E-state index in [1.807, 2.05) is 0 Å². The molecule has 0 saturated carbocycles. The van der Waals surface area contributed by atoms with Crippen LogP contribution in [0.5, 0.6) is 0 Å². The number of nitrogens with one attached hydrogen (secondary N) is 1. The van der Waals surface area contributed by atoms with Crippen LogP contribution in [0.25, 0.3) is 0 Å². The molecule has 3 rings (SSSR count). The molecule has 6 nitrogen and oxygen atoms in total. The number of anilines is 1. The highest BCUT2D eigenvalue weighted by Gasteiger charge is 2.18. The summed E-state index contributed by atoms with van der Waals surface area (Å²) in [5.74, 6) is -0.0966. The van der Waals surface area contributed by atoms with E-state index < -0.39 is 10.0 Å². The van der Waals surface area contributed by atoms with Crippen molar-refractivity contribution in [1.29, 1.82) is 0 Å². The summed E-state index contributed by atoms with van der Waals surface area (Å²) >= 11 is 5.99. The molecule has 0 bridgehead atoms. The van der Waals surface area contributed by atoms with E-state index in [4.69, 9.17) is 11.6 Å². The number of carbonyl (C=O) groups excluding carboxylic acids is 1. The lowest BCUT2D eigenvalue weighted by molar-refractivity contribution is -0.121. The molecule has 0 radical (unpaired) electrons. The van der Waals surface area contributed by atoms with Crippen molar-refractivity contribution < 1.29 is 13.2 Å². The van der Waals surface area contributed by atoms with Gasteiger partial charge in [-0.05, 0) is 61.7 Å². The largest absolute Gasteiger partial charge is 0.352 e. The van der Waals surface area contributed by atoms with E-state index >= 15 is 0 Å². The molecule has 2 aromatic rings. The van der Waals surface area contributed by atoms with E-state index in [1.54, 1.807) is 24.3 Å². The number of nitrogens with zero attached hydrogens (tertiary/aromatic N) is 2. The summed E-state index contributed by atoms with van der Waals surface area (Å²) in [6, 6.07) is 15.0. The number of rotatable bonds is 10. The van der Waals surface area contributed by atoms with Crippen LogP contribution in [0.2, 0.25) is 5.02 Å². The number of carbonyl (C=O) groups is 1. The van der Waals surface area contributed by atoms with Crippen molar-refractivity contribution in [2.45, 2.75) is 38.8 Å². The molecular formula is C23H30ClN3O3S. The molecule has 0 aliphatic carbocycles. The second-order valence-corrected chi connectivity index (χ2v) is 10.3. The normalized spacial score (nSPS) is 14.5. The Bertz CT molecular complexity index is 974. The Morgan fingerprint density at radius 3 is 2.42 bits per heavy atom. The van der Waals surface area contributed by atoms with E-state index in [0.29, 0.717) is 23.7 Å². The fraction of sp³-hybridized carbons (Fsp3) is 0.435. The zero-order valence-electron chi connectivity index (χ0n) is 17.9. The molecule has 1 aliphatic heterocycles. The molecule has 168 valence electrons. The summed E-state index contributed by atoms with van der Waals surface area (Å²) < 4.78 is 25.6. The average molecular weight is 464 g/mol. The minimum Gasteiger partial charge on any atom is -0.352 e. The minimum absolute atomic E-state index is 0.0966. The molecule has 1 N–H and O–H groups in total. The van der Waals surface area contributed by atoms with Crippen molar-refractivity contribution in [3.8, 4) is 0 Å². The van der Waals surface area contributed by atoms with Crippen molar-refractivity contribution in [3.63, 3.8) is 0 Å². The van der Waals surface area contributed by atoms with Crippen LogP contribution in [-0.4, -0.2) is 45.1 Å². The van der Waals surface area contributed by atoms with Gasteiger partial charge in [0.15, 0.2) is 0 Å². The number of hydrogen-bond donors (Lipinski definition) is 1. The molecule has 1 heterocycles. The number of amides is 1. The van der Waals surface area contributed by atoms with Crippen molar-refractivity contribution in [1.82, 2.24) is 10.2 Å². The molecule has 8 heteroatoms. The molecule has 1 fully saturated rings. The summed E-state index contributed by atoms with van der Waals surface area (Å²) in [5.41, 5.74) is 2.85. The first-order chi connectivity index (χ1) is 14.8. The van der Waals surface area contributed by atoms with Crippen LogP contribution >= 0.6 is 11.6 Å². The monoisotopic (exact) mass is 463 g/mol. The van der Waals surface area contributed by atoms with E-state index in [-0.39, 0.29) is 18.9 Å². The molecule has 0 spiro atoms.